The third kappa shape index (κ3) is 5.03. The second-order valence-electron chi connectivity index (χ2n) is 7.21. The molecule has 1 aromatic heterocycles. The number of fused-ring (bicyclic) bond motifs is 1. The number of hydrogen-bond donors (Lipinski definition) is 1. The molecule has 0 aliphatic heterocycles. The molecule has 3 aromatic carbocycles. The van der Waals surface area contributed by atoms with Gasteiger partial charge in [0.1, 0.15) is 5.82 Å². The minimum absolute atomic E-state index is 0.189. The highest BCUT2D eigenvalue weighted by Crippen LogP contribution is 2.26. The number of hydrogen-bond acceptors (Lipinski definition) is 4. The minimum atomic E-state index is -0.189. The first-order valence-electron chi connectivity index (χ1n) is 10.4. The maximum atomic E-state index is 12.5. The summed E-state index contributed by atoms with van der Waals surface area (Å²) in [6.45, 7) is 1.55. The van der Waals surface area contributed by atoms with Crippen LogP contribution in [0, 0.1) is 0 Å². The summed E-state index contributed by atoms with van der Waals surface area (Å²) in [4.78, 5) is 17.3. The number of benzene rings is 3. The van der Waals surface area contributed by atoms with Crippen LogP contribution < -0.4 is 14.8 Å². The predicted octanol–water partition coefficient (Wildman–Crippen LogP) is 5.10. The fraction of sp³-hybridized carbons (Fsp3) is 0.200. The SMILES string of the molecule is COc1ccccc1OCCCn1c(CNC(=O)c2cccc(Cl)c2)nc2ccccc21. The van der Waals surface area contributed by atoms with Crippen LogP contribution in [-0.4, -0.2) is 29.2 Å². The third-order valence-corrected chi connectivity index (χ3v) is 5.32. The Hall–Kier alpha value is -3.51. The van der Waals surface area contributed by atoms with E-state index in [0.717, 1.165) is 29.0 Å². The lowest BCUT2D eigenvalue weighted by atomic mass is 10.2. The van der Waals surface area contributed by atoms with E-state index in [4.69, 9.17) is 26.1 Å². The summed E-state index contributed by atoms with van der Waals surface area (Å²) in [7, 11) is 1.63. The van der Waals surface area contributed by atoms with E-state index in [1.54, 1.807) is 31.4 Å². The molecule has 4 rings (SSSR count). The fourth-order valence-corrected chi connectivity index (χ4v) is 3.73. The van der Waals surface area contributed by atoms with Crippen molar-refractivity contribution in [2.24, 2.45) is 0 Å². The van der Waals surface area contributed by atoms with Crippen LogP contribution in [0.2, 0.25) is 5.02 Å². The number of halogens is 1. The van der Waals surface area contributed by atoms with Crippen LogP contribution in [0.3, 0.4) is 0 Å². The fourth-order valence-electron chi connectivity index (χ4n) is 3.54. The highest BCUT2D eigenvalue weighted by atomic mass is 35.5. The molecule has 0 bridgehead atoms. The monoisotopic (exact) mass is 449 g/mol. The molecule has 1 amide bonds. The van der Waals surface area contributed by atoms with E-state index in [1.165, 1.54) is 0 Å². The average Bonchev–Trinajstić information content (AvgIpc) is 3.18. The van der Waals surface area contributed by atoms with Gasteiger partial charge in [-0.2, -0.15) is 0 Å². The topological polar surface area (TPSA) is 65.4 Å². The Morgan fingerprint density at radius 3 is 2.62 bits per heavy atom. The molecule has 0 saturated carbocycles. The highest BCUT2D eigenvalue weighted by molar-refractivity contribution is 6.30. The van der Waals surface area contributed by atoms with Crippen LogP contribution in [0.4, 0.5) is 0 Å². The number of aryl methyl sites for hydroxylation is 1. The number of carbonyl (C=O) groups is 1. The van der Waals surface area contributed by atoms with Gasteiger partial charge in [0.2, 0.25) is 0 Å². The first-order valence-corrected chi connectivity index (χ1v) is 10.8. The van der Waals surface area contributed by atoms with E-state index in [2.05, 4.69) is 9.88 Å². The van der Waals surface area contributed by atoms with Crippen molar-refractivity contribution in [1.82, 2.24) is 14.9 Å². The molecule has 0 saturated heterocycles. The van der Waals surface area contributed by atoms with Gasteiger partial charge in [-0.3, -0.25) is 4.79 Å². The second-order valence-corrected chi connectivity index (χ2v) is 7.65. The van der Waals surface area contributed by atoms with Gasteiger partial charge in [-0.15, -0.1) is 0 Å². The van der Waals surface area contributed by atoms with Crippen LogP contribution in [0.1, 0.15) is 22.6 Å². The van der Waals surface area contributed by atoms with Crippen molar-refractivity contribution in [3.05, 3.63) is 89.2 Å². The molecule has 1 heterocycles. The van der Waals surface area contributed by atoms with Crippen molar-refractivity contribution in [2.45, 2.75) is 19.5 Å². The van der Waals surface area contributed by atoms with Gasteiger partial charge in [-0.1, -0.05) is 41.9 Å². The zero-order valence-electron chi connectivity index (χ0n) is 17.8. The van der Waals surface area contributed by atoms with Crippen molar-refractivity contribution in [3.63, 3.8) is 0 Å². The standard InChI is InChI=1S/C25H24ClN3O3/c1-31-22-12-4-5-13-23(22)32-15-7-14-29-21-11-3-2-10-20(21)28-24(29)17-27-25(30)18-8-6-9-19(26)16-18/h2-6,8-13,16H,7,14-15,17H2,1H3,(H,27,30). The molecule has 0 radical (unpaired) electrons. The summed E-state index contributed by atoms with van der Waals surface area (Å²) in [5.41, 5.74) is 2.44. The largest absolute Gasteiger partial charge is 0.493 e. The quantitative estimate of drug-likeness (QED) is 0.361. The highest BCUT2D eigenvalue weighted by Gasteiger charge is 2.13. The molecule has 0 aliphatic rings. The molecule has 7 heteroatoms. The number of carbonyl (C=O) groups excluding carboxylic acids is 1. The summed E-state index contributed by atoms with van der Waals surface area (Å²) >= 11 is 6.00. The zero-order valence-corrected chi connectivity index (χ0v) is 18.5. The van der Waals surface area contributed by atoms with Crippen LogP contribution in [-0.2, 0) is 13.1 Å². The molecule has 0 unspecified atom stereocenters. The summed E-state index contributed by atoms with van der Waals surface area (Å²) in [5, 5.41) is 3.47. The number of methoxy groups -OCH3 is 1. The maximum Gasteiger partial charge on any atom is 0.251 e. The smallest absolute Gasteiger partial charge is 0.251 e. The summed E-state index contributed by atoms with van der Waals surface area (Å²) in [6.07, 6.45) is 0.771. The van der Waals surface area contributed by atoms with Gasteiger partial charge in [0.15, 0.2) is 11.5 Å². The van der Waals surface area contributed by atoms with Gasteiger partial charge in [0.05, 0.1) is 31.3 Å². The Bertz CT molecular complexity index is 1220. The number of para-hydroxylation sites is 4. The molecule has 4 aromatic rings. The van der Waals surface area contributed by atoms with E-state index in [1.807, 2.05) is 48.5 Å². The maximum absolute atomic E-state index is 12.5. The minimum Gasteiger partial charge on any atom is -0.493 e. The number of nitrogens with zero attached hydrogens (tertiary/aromatic N) is 2. The van der Waals surface area contributed by atoms with E-state index >= 15 is 0 Å². The molecule has 1 N–H and O–H groups in total. The van der Waals surface area contributed by atoms with Crippen LogP contribution in [0.5, 0.6) is 11.5 Å². The predicted molar refractivity (Wildman–Crippen MR) is 125 cm³/mol. The third-order valence-electron chi connectivity index (χ3n) is 5.08. The lowest BCUT2D eigenvalue weighted by Crippen LogP contribution is -2.25. The number of rotatable bonds is 9. The summed E-state index contributed by atoms with van der Waals surface area (Å²) < 4.78 is 13.4. The molecule has 164 valence electrons. The van der Waals surface area contributed by atoms with Gasteiger partial charge in [-0.25, -0.2) is 4.98 Å². The van der Waals surface area contributed by atoms with E-state index in [9.17, 15) is 4.79 Å². The van der Waals surface area contributed by atoms with E-state index in [-0.39, 0.29) is 5.91 Å². The average molecular weight is 450 g/mol. The second kappa shape index (κ2) is 10.2. The first kappa shape index (κ1) is 21.7. The zero-order chi connectivity index (χ0) is 22.3. The van der Waals surface area contributed by atoms with Crippen molar-refractivity contribution < 1.29 is 14.3 Å². The number of imidazole rings is 1. The Morgan fingerprint density at radius 1 is 1.03 bits per heavy atom. The molecule has 0 spiro atoms. The van der Waals surface area contributed by atoms with E-state index < -0.39 is 0 Å². The lowest BCUT2D eigenvalue weighted by molar-refractivity contribution is 0.0949. The lowest BCUT2D eigenvalue weighted by Gasteiger charge is -2.12. The molecular weight excluding hydrogens is 426 g/mol. The van der Waals surface area contributed by atoms with Crippen molar-refractivity contribution >= 4 is 28.5 Å². The summed E-state index contributed by atoms with van der Waals surface area (Å²) in [5.74, 6) is 2.04. The molecule has 0 aliphatic carbocycles. The van der Waals surface area contributed by atoms with E-state index in [0.29, 0.717) is 36.0 Å². The molecule has 32 heavy (non-hydrogen) atoms. The summed E-state index contributed by atoms with van der Waals surface area (Å²) in [6, 6.07) is 22.4. The van der Waals surface area contributed by atoms with Crippen molar-refractivity contribution in [2.75, 3.05) is 13.7 Å². The number of nitrogens with one attached hydrogen (secondary N) is 1. The number of aromatic nitrogens is 2. The Morgan fingerprint density at radius 2 is 1.81 bits per heavy atom. The van der Waals surface area contributed by atoms with Crippen molar-refractivity contribution in [3.8, 4) is 11.5 Å². The molecule has 6 nitrogen and oxygen atoms in total. The normalized spacial score (nSPS) is 10.8. The van der Waals surface area contributed by atoms with Crippen LogP contribution >= 0.6 is 11.6 Å². The molecular formula is C25H24ClN3O3. The van der Waals surface area contributed by atoms with Crippen molar-refractivity contribution in [1.29, 1.82) is 0 Å². The Labute approximate surface area is 191 Å². The van der Waals surface area contributed by atoms with Gasteiger partial charge in [-0.05, 0) is 48.9 Å². The van der Waals surface area contributed by atoms with Crippen LogP contribution in [0.15, 0.2) is 72.8 Å². The molecule has 0 fully saturated rings. The van der Waals surface area contributed by atoms with Gasteiger partial charge in [0.25, 0.3) is 5.91 Å². The van der Waals surface area contributed by atoms with Crippen LogP contribution in [0.25, 0.3) is 11.0 Å². The molecule has 0 atom stereocenters. The number of amides is 1. The van der Waals surface area contributed by atoms with Gasteiger partial charge >= 0.3 is 0 Å². The van der Waals surface area contributed by atoms with Gasteiger partial charge in [0, 0.05) is 17.1 Å². The Balaban J connectivity index is 1.43. The Kier molecular flexibility index (Phi) is 6.92. The first-order chi connectivity index (χ1) is 15.7. The number of ether oxygens (including phenoxy) is 2. The van der Waals surface area contributed by atoms with Gasteiger partial charge < -0.3 is 19.4 Å².